The van der Waals surface area contributed by atoms with Crippen LogP contribution in [0.3, 0.4) is 0 Å². The highest BCUT2D eigenvalue weighted by atomic mass is 19.1. The molecule has 158 valence electrons. The predicted molar refractivity (Wildman–Crippen MR) is 106 cm³/mol. The molecule has 2 aromatic rings. The Balaban J connectivity index is 1.44. The molecule has 9 heteroatoms. The van der Waals surface area contributed by atoms with Gasteiger partial charge in [0.1, 0.15) is 5.82 Å². The molecule has 1 saturated heterocycles. The summed E-state index contributed by atoms with van der Waals surface area (Å²) in [4.78, 5) is 26.7. The van der Waals surface area contributed by atoms with Crippen molar-refractivity contribution in [2.45, 2.75) is 6.04 Å². The molecule has 8 nitrogen and oxygen atoms in total. The van der Waals surface area contributed by atoms with Crippen LogP contribution >= 0.6 is 0 Å². The van der Waals surface area contributed by atoms with Gasteiger partial charge >= 0.3 is 11.8 Å². The third-order valence-electron chi connectivity index (χ3n) is 5.05. The normalized spacial score (nSPS) is 16.7. The van der Waals surface area contributed by atoms with Gasteiger partial charge in [-0.05, 0) is 29.8 Å². The van der Waals surface area contributed by atoms with Crippen LogP contribution in [-0.4, -0.2) is 56.4 Å². The molecule has 0 bridgehead atoms. The van der Waals surface area contributed by atoms with Crippen molar-refractivity contribution in [3.63, 3.8) is 0 Å². The summed E-state index contributed by atoms with van der Waals surface area (Å²) in [5, 5.41) is 4.95. The standard InChI is InChI=1S/C21H22FN3O5/c22-15-3-1-2-4-16(15)24-21(27)20(26)23-12-17(25-7-9-28-10-8-25)14-5-6-18-19(11-14)30-13-29-18/h1-6,11,17H,7-10,12-13H2,(H,23,26)(H,24,27). The smallest absolute Gasteiger partial charge is 0.313 e. The molecule has 0 spiro atoms. The molecule has 2 amide bonds. The molecule has 1 atom stereocenters. The Bertz CT molecular complexity index is 933. The first-order chi connectivity index (χ1) is 14.6. The summed E-state index contributed by atoms with van der Waals surface area (Å²) in [7, 11) is 0. The van der Waals surface area contributed by atoms with Gasteiger partial charge in [-0.3, -0.25) is 14.5 Å². The van der Waals surface area contributed by atoms with Crippen molar-refractivity contribution < 1.29 is 28.2 Å². The number of rotatable bonds is 5. The molecule has 2 heterocycles. The molecule has 0 radical (unpaired) electrons. The first-order valence-electron chi connectivity index (χ1n) is 9.67. The lowest BCUT2D eigenvalue weighted by Crippen LogP contribution is -2.45. The summed E-state index contributed by atoms with van der Waals surface area (Å²) in [6.07, 6.45) is 0. The van der Waals surface area contributed by atoms with Crippen LogP contribution in [0.25, 0.3) is 0 Å². The minimum Gasteiger partial charge on any atom is -0.454 e. The van der Waals surface area contributed by atoms with Crippen molar-refractivity contribution in [2.75, 3.05) is 45.0 Å². The molecular weight excluding hydrogens is 393 g/mol. The second-order valence-electron chi connectivity index (χ2n) is 6.92. The zero-order valence-corrected chi connectivity index (χ0v) is 16.2. The number of nitrogens with one attached hydrogen (secondary N) is 2. The maximum atomic E-state index is 13.7. The second kappa shape index (κ2) is 9.10. The number of hydrogen-bond acceptors (Lipinski definition) is 6. The van der Waals surface area contributed by atoms with Gasteiger partial charge in [-0.2, -0.15) is 0 Å². The van der Waals surface area contributed by atoms with E-state index in [2.05, 4.69) is 15.5 Å². The van der Waals surface area contributed by atoms with Crippen molar-refractivity contribution >= 4 is 17.5 Å². The Morgan fingerprint density at radius 1 is 1.03 bits per heavy atom. The van der Waals surface area contributed by atoms with Gasteiger partial charge in [0.2, 0.25) is 6.79 Å². The quantitative estimate of drug-likeness (QED) is 0.723. The Morgan fingerprint density at radius 3 is 2.60 bits per heavy atom. The van der Waals surface area contributed by atoms with E-state index in [0.717, 1.165) is 5.56 Å². The van der Waals surface area contributed by atoms with E-state index in [1.54, 1.807) is 6.07 Å². The Labute approximate surface area is 172 Å². The van der Waals surface area contributed by atoms with E-state index in [-0.39, 0.29) is 25.1 Å². The SMILES string of the molecule is O=C(NCC(c1ccc2c(c1)OCO2)N1CCOCC1)C(=O)Nc1ccccc1F. The number of hydrogen-bond donors (Lipinski definition) is 2. The third-order valence-corrected chi connectivity index (χ3v) is 5.05. The topological polar surface area (TPSA) is 89.1 Å². The van der Waals surface area contributed by atoms with Gasteiger partial charge in [0.05, 0.1) is 24.9 Å². The lowest BCUT2D eigenvalue weighted by atomic mass is 10.0. The number of benzene rings is 2. The number of para-hydroxylation sites is 1. The van der Waals surface area contributed by atoms with Gasteiger partial charge in [-0.1, -0.05) is 18.2 Å². The van der Waals surface area contributed by atoms with E-state index in [0.29, 0.717) is 37.8 Å². The number of amides is 2. The van der Waals surface area contributed by atoms with Gasteiger partial charge in [-0.15, -0.1) is 0 Å². The number of anilines is 1. The van der Waals surface area contributed by atoms with Crippen LogP contribution in [0.1, 0.15) is 11.6 Å². The number of ether oxygens (including phenoxy) is 3. The molecule has 2 aromatic carbocycles. The molecule has 1 fully saturated rings. The molecule has 2 aliphatic rings. The van der Waals surface area contributed by atoms with Gasteiger partial charge in [0.15, 0.2) is 11.5 Å². The van der Waals surface area contributed by atoms with Crippen molar-refractivity contribution in [1.82, 2.24) is 10.2 Å². The molecule has 30 heavy (non-hydrogen) atoms. The Hall–Kier alpha value is -3.17. The van der Waals surface area contributed by atoms with Gasteiger partial charge in [0, 0.05) is 19.6 Å². The van der Waals surface area contributed by atoms with Crippen LogP contribution < -0.4 is 20.1 Å². The number of nitrogens with zero attached hydrogens (tertiary/aromatic N) is 1. The maximum Gasteiger partial charge on any atom is 0.313 e. The molecule has 2 N–H and O–H groups in total. The molecule has 1 unspecified atom stereocenters. The maximum absolute atomic E-state index is 13.7. The first kappa shape index (κ1) is 20.1. The van der Waals surface area contributed by atoms with Crippen LogP contribution in [0.2, 0.25) is 0 Å². The van der Waals surface area contributed by atoms with E-state index < -0.39 is 17.6 Å². The summed E-state index contributed by atoms with van der Waals surface area (Å²) in [6, 6.07) is 11.1. The average Bonchev–Trinajstić information content (AvgIpc) is 3.24. The van der Waals surface area contributed by atoms with Crippen LogP contribution in [0.5, 0.6) is 11.5 Å². The number of fused-ring (bicyclic) bond motifs is 1. The second-order valence-corrected chi connectivity index (χ2v) is 6.92. The van der Waals surface area contributed by atoms with Crippen LogP contribution in [0, 0.1) is 5.82 Å². The summed E-state index contributed by atoms with van der Waals surface area (Å²) in [6.45, 7) is 2.93. The van der Waals surface area contributed by atoms with E-state index in [1.165, 1.54) is 18.2 Å². The highest BCUT2D eigenvalue weighted by Crippen LogP contribution is 2.35. The first-order valence-corrected chi connectivity index (χ1v) is 9.67. The monoisotopic (exact) mass is 415 g/mol. The average molecular weight is 415 g/mol. The molecule has 2 aliphatic heterocycles. The Morgan fingerprint density at radius 2 is 1.80 bits per heavy atom. The number of carbonyl (C=O) groups is 2. The van der Waals surface area contributed by atoms with Crippen LogP contribution in [0.15, 0.2) is 42.5 Å². The minimum absolute atomic E-state index is 0.0434. The minimum atomic E-state index is -0.925. The summed E-state index contributed by atoms with van der Waals surface area (Å²) in [5.41, 5.74) is 0.883. The molecule has 0 saturated carbocycles. The molecule has 0 aromatic heterocycles. The highest BCUT2D eigenvalue weighted by Gasteiger charge is 2.26. The number of carbonyl (C=O) groups excluding carboxylic acids is 2. The van der Waals surface area contributed by atoms with Crippen molar-refractivity contribution in [1.29, 1.82) is 0 Å². The fourth-order valence-corrected chi connectivity index (χ4v) is 3.48. The van der Waals surface area contributed by atoms with E-state index in [1.807, 2.05) is 18.2 Å². The predicted octanol–water partition coefficient (Wildman–Crippen LogP) is 1.68. The van der Waals surface area contributed by atoms with E-state index >= 15 is 0 Å². The zero-order chi connectivity index (χ0) is 20.9. The summed E-state index contributed by atoms with van der Waals surface area (Å²) < 4.78 is 30.0. The number of morpholine rings is 1. The largest absolute Gasteiger partial charge is 0.454 e. The van der Waals surface area contributed by atoms with Crippen molar-refractivity contribution in [3.05, 3.63) is 53.8 Å². The lowest BCUT2D eigenvalue weighted by Gasteiger charge is -2.34. The number of halogens is 1. The fourth-order valence-electron chi connectivity index (χ4n) is 3.48. The van der Waals surface area contributed by atoms with Crippen LogP contribution in [0.4, 0.5) is 10.1 Å². The Kier molecular flexibility index (Phi) is 6.10. The van der Waals surface area contributed by atoms with Gasteiger partial charge < -0.3 is 24.8 Å². The van der Waals surface area contributed by atoms with E-state index in [4.69, 9.17) is 14.2 Å². The zero-order valence-electron chi connectivity index (χ0n) is 16.2. The lowest BCUT2D eigenvalue weighted by molar-refractivity contribution is -0.136. The summed E-state index contributed by atoms with van der Waals surface area (Å²) >= 11 is 0. The molecular formula is C21H22FN3O5. The van der Waals surface area contributed by atoms with E-state index in [9.17, 15) is 14.0 Å². The summed E-state index contributed by atoms with van der Waals surface area (Å²) in [5.74, 6) is -1.05. The van der Waals surface area contributed by atoms with Gasteiger partial charge in [0.25, 0.3) is 0 Å². The highest BCUT2D eigenvalue weighted by molar-refractivity contribution is 6.39. The molecule has 4 rings (SSSR count). The van der Waals surface area contributed by atoms with Crippen molar-refractivity contribution in [3.8, 4) is 11.5 Å². The van der Waals surface area contributed by atoms with Crippen LogP contribution in [-0.2, 0) is 14.3 Å². The third kappa shape index (κ3) is 4.52. The van der Waals surface area contributed by atoms with Crippen molar-refractivity contribution in [2.24, 2.45) is 0 Å². The molecule has 0 aliphatic carbocycles. The fraction of sp³-hybridized carbons (Fsp3) is 0.333. The van der Waals surface area contributed by atoms with Gasteiger partial charge in [-0.25, -0.2) is 4.39 Å².